The first-order valence-electron chi connectivity index (χ1n) is 6.30. The van der Waals surface area contributed by atoms with E-state index in [0.29, 0.717) is 25.0 Å². The van der Waals surface area contributed by atoms with Crippen LogP contribution in [0, 0.1) is 11.8 Å². The van der Waals surface area contributed by atoms with Crippen LogP contribution in [0.1, 0.15) is 26.2 Å². The molecular weight excluding hydrogens is 204 g/mol. The second-order valence-electron chi connectivity index (χ2n) is 5.09. The lowest BCUT2D eigenvalue weighted by atomic mass is 9.78. The van der Waals surface area contributed by atoms with Gasteiger partial charge in [-0.15, -0.1) is 0 Å². The molecule has 2 rings (SSSR count). The number of nitrogens with zero attached hydrogens (tertiary/aromatic N) is 1. The minimum Gasteiger partial charge on any atom is -0.378 e. The van der Waals surface area contributed by atoms with Crippen LogP contribution in [-0.2, 0) is 9.53 Å². The minimum atomic E-state index is 0.202. The number of hydrogen-bond donors (Lipinski definition) is 1. The molecule has 1 amide bonds. The Morgan fingerprint density at radius 2 is 2.00 bits per heavy atom. The number of nitrogens with two attached hydrogens (primary N) is 1. The molecule has 1 aliphatic heterocycles. The quantitative estimate of drug-likeness (QED) is 0.712. The molecule has 1 saturated carbocycles. The van der Waals surface area contributed by atoms with E-state index in [0.717, 1.165) is 32.4 Å². The molecule has 0 radical (unpaired) electrons. The highest BCUT2D eigenvalue weighted by molar-refractivity contribution is 5.79. The number of morpholine rings is 1. The van der Waals surface area contributed by atoms with E-state index in [9.17, 15) is 4.79 Å². The van der Waals surface area contributed by atoms with Crippen LogP contribution in [0.5, 0.6) is 0 Å². The number of carbonyl (C=O) groups is 1. The van der Waals surface area contributed by atoms with Gasteiger partial charge in [-0.25, -0.2) is 0 Å². The predicted molar refractivity (Wildman–Crippen MR) is 61.9 cm³/mol. The van der Waals surface area contributed by atoms with Crippen LogP contribution in [0.4, 0.5) is 0 Å². The average molecular weight is 226 g/mol. The lowest BCUT2D eigenvalue weighted by Crippen LogP contribution is -2.46. The highest BCUT2D eigenvalue weighted by Gasteiger charge is 2.32. The molecule has 3 atom stereocenters. The van der Waals surface area contributed by atoms with Crippen molar-refractivity contribution in [2.75, 3.05) is 26.3 Å². The van der Waals surface area contributed by atoms with Gasteiger partial charge in [0.1, 0.15) is 0 Å². The molecule has 2 fully saturated rings. The molecule has 16 heavy (non-hydrogen) atoms. The highest BCUT2D eigenvalue weighted by Crippen LogP contribution is 2.29. The highest BCUT2D eigenvalue weighted by atomic mass is 16.5. The Bertz CT molecular complexity index is 251. The smallest absolute Gasteiger partial charge is 0.225 e. The van der Waals surface area contributed by atoms with E-state index in [1.165, 1.54) is 0 Å². The van der Waals surface area contributed by atoms with Crippen molar-refractivity contribution >= 4 is 5.91 Å². The lowest BCUT2D eigenvalue weighted by molar-refractivity contribution is -0.141. The van der Waals surface area contributed by atoms with Gasteiger partial charge in [-0.05, 0) is 25.2 Å². The third-order valence-electron chi connectivity index (χ3n) is 3.91. The van der Waals surface area contributed by atoms with Gasteiger partial charge in [-0.3, -0.25) is 4.79 Å². The molecule has 3 unspecified atom stereocenters. The van der Waals surface area contributed by atoms with E-state index in [-0.39, 0.29) is 12.0 Å². The molecule has 1 aliphatic carbocycles. The molecule has 4 heteroatoms. The standard InChI is InChI=1S/C12H22N2O2/c1-9-8-10(2-3-11(9)13)12(15)14-4-6-16-7-5-14/h9-11H,2-8,13H2,1H3. The Balaban J connectivity index is 1.89. The van der Waals surface area contributed by atoms with E-state index in [2.05, 4.69) is 6.92 Å². The van der Waals surface area contributed by atoms with Crippen molar-refractivity contribution in [1.29, 1.82) is 0 Å². The molecule has 0 bridgehead atoms. The molecule has 2 aliphatic rings. The van der Waals surface area contributed by atoms with Crippen molar-refractivity contribution in [3.8, 4) is 0 Å². The normalized spacial score (nSPS) is 36.1. The fourth-order valence-electron chi connectivity index (χ4n) is 2.69. The summed E-state index contributed by atoms with van der Waals surface area (Å²) in [6.07, 6.45) is 2.90. The number of ether oxygens (including phenoxy) is 1. The zero-order chi connectivity index (χ0) is 11.5. The number of carbonyl (C=O) groups excluding carboxylic acids is 1. The maximum atomic E-state index is 12.2. The van der Waals surface area contributed by atoms with Crippen LogP contribution in [0.25, 0.3) is 0 Å². The van der Waals surface area contributed by atoms with Crippen LogP contribution in [0.2, 0.25) is 0 Å². The molecule has 1 saturated heterocycles. The first-order valence-corrected chi connectivity index (χ1v) is 6.30. The van der Waals surface area contributed by atoms with Crippen LogP contribution in [0.15, 0.2) is 0 Å². The minimum absolute atomic E-state index is 0.202. The zero-order valence-electron chi connectivity index (χ0n) is 10.0. The largest absolute Gasteiger partial charge is 0.378 e. The summed E-state index contributed by atoms with van der Waals surface area (Å²) in [5.41, 5.74) is 5.97. The van der Waals surface area contributed by atoms with Crippen molar-refractivity contribution in [1.82, 2.24) is 4.90 Å². The van der Waals surface area contributed by atoms with Crippen molar-refractivity contribution in [3.05, 3.63) is 0 Å². The van der Waals surface area contributed by atoms with Gasteiger partial charge in [0.15, 0.2) is 0 Å². The SMILES string of the molecule is CC1CC(C(=O)N2CCOCC2)CCC1N. The summed E-state index contributed by atoms with van der Waals surface area (Å²) in [6, 6.07) is 0.286. The Hall–Kier alpha value is -0.610. The summed E-state index contributed by atoms with van der Waals surface area (Å²) in [5.74, 6) is 0.999. The van der Waals surface area contributed by atoms with Gasteiger partial charge in [0, 0.05) is 25.0 Å². The molecular formula is C12H22N2O2. The van der Waals surface area contributed by atoms with Crippen molar-refractivity contribution < 1.29 is 9.53 Å². The summed E-state index contributed by atoms with van der Waals surface area (Å²) in [5, 5.41) is 0. The maximum Gasteiger partial charge on any atom is 0.225 e. The van der Waals surface area contributed by atoms with E-state index in [1.807, 2.05) is 4.90 Å². The van der Waals surface area contributed by atoms with E-state index in [1.54, 1.807) is 0 Å². The molecule has 0 aromatic rings. The molecule has 0 aromatic heterocycles. The Morgan fingerprint density at radius 3 is 2.62 bits per heavy atom. The summed E-state index contributed by atoms with van der Waals surface area (Å²) >= 11 is 0. The van der Waals surface area contributed by atoms with Gasteiger partial charge in [0.25, 0.3) is 0 Å². The van der Waals surface area contributed by atoms with Crippen LogP contribution >= 0.6 is 0 Å². The second kappa shape index (κ2) is 5.15. The lowest BCUT2D eigenvalue weighted by Gasteiger charge is -2.35. The van der Waals surface area contributed by atoms with Gasteiger partial charge in [-0.1, -0.05) is 6.92 Å². The predicted octanol–water partition coefficient (Wildman–Crippen LogP) is 0.609. The fraction of sp³-hybridized carbons (Fsp3) is 0.917. The van der Waals surface area contributed by atoms with Gasteiger partial charge in [-0.2, -0.15) is 0 Å². The molecule has 0 aromatic carbocycles. The number of rotatable bonds is 1. The summed E-state index contributed by atoms with van der Waals surface area (Å²) < 4.78 is 5.26. The Labute approximate surface area is 97.1 Å². The molecule has 1 heterocycles. The molecule has 4 nitrogen and oxygen atoms in total. The van der Waals surface area contributed by atoms with Gasteiger partial charge < -0.3 is 15.4 Å². The first kappa shape index (κ1) is 11.9. The third kappa shape index (κ3) is 2.55. The Morgan fingerprint density at radius 1 is 1.31 bits per heavy atom. The molecule has 92 valence electrons. The number of amides is 1. The van der Waals surface area contributed by atoms with Crippen LogP contribution in [0.3, 0.4) is 0 Å². The number of hydrogen-bond acceptors (Lipinski definition) is 3. The summed E-state index contributed by atoms with van der Waals surface area (Å²) in [4.78, 5) is 14.2. The van der Waals surface area contributed by atoms with E-state index in [4.69, 9.17) is 10.5 Å². The summed E-state index contributed by atoms with van der Waals surface area (Å²) in [6.45, 7) is 5.05. The van der Waals surface area contributed by atoms with Crippen molar-refractivity contribution in [2.45, 2.75) is 32.2 Å². The third-order valence-corrected chi connectivity index (χ3v) is 3.91. The summed E-state index contributed by atoms with van der Waals surface area (Å²) in [7, 11) is 0. The Kier molecular flexibility index (Phi) is 3.82. The monoisotopic (exact) mass is 226 g/mol. The molecule has 2 N–H and O–H groups in total. The zero-order valence-corrected chi connectivity index (χ0v) is 10.0. The van der Waals surface area contributed by atoms with E-state index < -0.39 is 0 Å². The van der Waals surface area contributed by atoms with Gasteiger partial charge >= 0.3 is 0 Å². The second-order valence-corrected chi connectivity index (χ2v) is 5.09. The topological polar surface area (TPSA) is 55.6 Å². The average Bonchev–Trinajstić information content (AvgIpc) is 2.33. The van der Waals surface area contributed by atoms with Crippen LogP contribution in [-0.4, -0.2) is 43.2 Å². The van der Waals surface area contributed by atoms with Crippen molar-refractivity contribution in [3.63, 3.8) is 0 Å². The van der Waals surface area contributed by atoms with Gasteiger partial charge in [0.05, 0.1) is 13.2 Å². The maximum absolute atomic E-state index is 12.2. The van der Waals surface area contributed by atoms with Crippen LogP contribution < -0.4 is 5.73 Å². The fourth-order valence-corrected chi connectivity index (χ4v) is 2.69. The van der Waals surface area contributed by atoms with E-state index >= 15 is 0 Å². The first-order chi connectivity index (χ1) is 7.68. The van der Waals surface area contributed by atoms with Gasteiger partial charge in [0.2, 0.25) is 5.91 Å². The van der Waals surface area contributed by atoms with Crippen molar-refractivity contribution in [2.24, 2.45) is 17.6 Å². The molecule has 0 spiro atoms.